The highest BCUT2D eigenvalue weighted by Gasteiger charge is 2.26. The molecule has 23 heavy (non-hydrogen) atoms. The summed E-state index contributed by atoms with van der Waals surface area (Å²) in [5.41, 5.74) is 2.29. The van der Waals surface area contributed by atoms with Gasteiger partial charge in [-0.3, -0.25) is 4.79 Å². The molecule has 0 fully saturated rings. The van der Waals surface area contributed by atoms with Gasteiger partial charge in [-0.2, -0.15) is 4.98 Å². The van der Waals surface area contributed by atoms with Crippen molar-refractivity contribution in [2.45, 2.75) is 0 Å². The summed E-state index contributed by atoms with van der Waals surface area (Å²) in [6, 6.07) is 7.41. The van der Waals surface area contributed by atoms with Crippen molar-refractivity contribution in [2.24, 2.45) is 0 Å². The zero-order valence-electron chi connectivity index (χ0n) is 12.0. The number of ether oxygens (including phenoxy) is 1. The minimum Gasteiger partial charge on any atom is -0.497 e. The van der Waals surface area contributed by atoms with Crippen molar-refractivity contribution in [3.63, 3.8) is 0 Å². The van der Waals surface area contributed by atoms with Crippen molar-refractivity contribution >= 4 is 56.3 Å². The number of carbonyl (C=O) groups excluding carboxylic acids is 1. The lowest BCUT2D eigenvalue weighted by Gasteiger charge is -2.30. The molecule has 1 aromatic carbocycles. The van der Waals surface area contributed by atoms with Gasteiger partial charge in [-0.15, -0.1) is 11.3 Å². The van der Waals surface area contributed by atoms with Gasteiger partial charge in [0.2, 0.25) is 11.2 Å². The molecule has 0 aliphatic carbocycles. The zero-order valence-corrected chi connectivity index (χ0v) is 13.6. The first-order chi connectivity index (χ1) is 11.2. The monoisotopic (exact) mass is 346 g/mol. The normalized spacial score (nSPS) is 13.8. The maximum atomic E-state index is 12.1. The second kappa shape index (κ2) is 5.36. The summed E-state index contributed by atoms with van der Waals surface area (Å²) in [5.74, 6) is 1.19. The van der Waals surface area contributed by atoms with Gasteiger partial charge >= 0.3 is 0 Å². The molecule has 1 aliphatic heterocycles. The molecule has 2 aromatic heterocycles. The first-order valence-electron chi connectivity index (χ1n) is 6.82. The Morgan fingerprint density at radius 1 is 1.35 bits per heavy atom. The van der Waals surface area contributed by atoms with Crippen LogP contribution in [0.3, 0.4) is 0 Å². The van der Waals surface area contributed by atoms with Crippen LogP contribution >= 0.6 is 22.9 Å². The lowest BCUT2D eigenvalue weighted by Crippen LogP contribution is -2.35. The quantitative estimate of drug-likeness (QED) is 0.720. The summed E-state index contributed by atoms with van der Waals surface area (Å²) in [5, 5.41) is 4.95. The highest BCUT2D eigenvalue weighted by Crippen LogP contribution is 2.40. The van der Waals surface area contributed by atoms with Crippen molar-refractivity contribution in [3.8, 4) is 5.75 Å². The fourth-order valence-electron chi connectivity index (χ4n) is 2.59. The second-order valence-corrected chi connectivity index (χ2v) is 6.22. The van der Waals surface area contributed by atoms with Crippen LogP contribution in [-0.2, 0) is 4.79 Å². The van der Waals surface area contributed by atoms with E-state index in [1.54, 1.807) is 13.2 Å². The minimum absolute atomic E-state index is 0.120. The van der Waals surface area contributed by atoms with E-state index >= 15 is 0 Å². The predicted molar refractivity (Wildman–Crippen MR) is 91.1 cm³/mol. The van der Waals surface area contributed by atoms with Gasteiger partial charge < -0.3 is 15.0 Å². The molecule has 0 saturated carbocycles. The van der Waals surface area contributed by atoms with Crippen molar-refractivity contribution < 1.29 is 9.53 Å². The van der Waals surface area contributed by atoms with Crippen molar-refractivity contribution in [1.82, 2.24) is 9.97 Å². The molecule has 116 valence electrons. The Kier molecular flexibility index (Phi) is 3.32. The lowest BCUT2D eigenvalue weighted by atomic mass is 10.2. The van der Waals surface area contributed by atoms with Crippen molar-refractivity contribution in [2.75, 3.05) is 23.9 Å². The van der Waals surface area contributed by atoms with Crippen LogP contribution < -0.4 is 15.0 Å². The van der Waals surface area contributed by atoms with Crippen LogP contribution in [0.1, 0.15) is 0 Å². The molecule has 3 aromatic rings. The molecule has 0 spiro atoms. The summed E-state index contributed by atoms with van der Waals surface area (Å²) >= 11 is 7.56. The number of carbonyl (C=O) groups is 1. The Morgan fingerprint density at radius 3 is 3.04 bits per heavy atom. The van der Waals surface area contributed by atoms with Gasteiger partial charge in [0.25, 0.3) is 0 Å². The number of anilines is 3. The SMILES string of the molecule is COc1ccc2c(c1)NC(=O)CN2c1nc(Cl)nc2ccsc12. The van der Waals surface area contributed by atoms with E-state index in [4.69, 9.17) is 16.3 Å². The average Bonchev–Trinajstić information content (AvgIpc) is 3.00. The van der Waals surface area contributed by atoms with E-state index in [2.05, 4.69) is 15.3 Å². The number of methoxy groups -OCH3 is 1. The van der Waals surface area contributed by atoms with Crippen molar-refractivity contribution in [3.05, 3.63) is 34.9 Å². The van der Waals surface area contributed by atoms with E-state index in [1.165, 1.54) is 11.3 Å². The Labute approximate surface area is 140 Å². The predicted octanol–water partition coefficient (Wildman–Crippen LogP) is 3.44. The van der Waals surface area contributed by atoms with Gasteiger partial charge in [0.05, 0.1) is 28.7 Å². The highest BCUT2D eigenvalue weighted by molar-refractivity contribution is 7.17. The molecule has 1 amide bonds. The Bertz CT molecular complexity index is 927. The third-order valence-electron chi connectivity index (χ3n) is 3.58. The number of amides is 1. The zero-order chi connectivity index (χ0) is 16.0. The summed E-state index contributed by atoms with van der Waals surface area (Å²) < 4.78 is 6.11. The second-order valence-electron chi connectivity index (χ2n) is 4.97. The Morgan fingerprint density at radius 2 is 2.22 bits per heavy atom. The first kappa shape index (κ1) is 14.2. The van der Waals surface area contributed by atoms with Crippen LogP contribution in [0.5, 0.6) is 5.75 Å². The van der Waals surface area contributed by atoms with Crippen LogP contribution in [0.25, 0.3) is 10.2 Å². The largest absolute Gasteiger partial charge is 0.497 e. The van der Waals surface area contributed by atoms with E-state index in [9.17, 15) is 4.79 Å². The lowest BCUT2D eigenvalue weighted by molar-refractivity contribution is -0.115. The topological polar surface area (TPSA) is 67.3 Å². The summed E-state index contributed by atoms with van der Waals surface area (Å²) in [6.45, 7) is 0.166. The summed E-state index contributed by atoms with van der Waals surface area (Å²) in [7, 11) is 1.59. The van der Waals surface area contributed by atoms with Gasteiger partial charge in [0.1, 0.15) is 12.3 Å². The maximum absolute atomic E-state index is 12.1. The standard InChI is InChI=1S/C15H11ClN4O2S/c1-22-8-2-3-11-10(6-8)17-12(21)7-20(11)14-13-9(4-5-23-13)18-15(16)19-14/h2-6H,7H2,1H3,(H,17,21). The third-order valence-corrected chi connectivity index (χ3v) is 4.65. The van der Waals surface area contributed by atoms with Crippen LogP contribution in [0.15, 0.2) is 29.6 Å². The molecular weight excluding hydrogens is 336 g/mol. The van der Waals surface area contributed by atoms with E-state index in [-0.39, 0.29) is 17.7 Å². The van der Waals surface area contributed by atoms with Crippen LogP contribution in [0, 0.1) is 0 Å². The molecule has 0 bridgehead atoms. The van der Waals surface area contributed by atoms with Gasteiger partial charge in [0, 0.05) is 6.07 Å². The number of benzene rings is 1. The number of hydrogen-bond donors (Lipinski definition) is 1. The summed E-state index contributed by atoms with van der Waals surface area (Å²) in [6.07, 6.45) is 0. The average molecular weight is 347 g/mol. The molecule has 3 heterocycles. The van der Waals surface area contributed by atoms with E-state index in [1.807, 2.05) is 28.5 Å². The number of aromatic nitrogens is 2. The van der Waals surface area contributed by atoms with Gasteiger partial charge in [0.15, 0.2) is 5.82 Å². The highest BCUT2D eigenvalue weighted by atomic mass is 35.5. The smallest absolute Gasteiger partial charge is 0.244 e. The molecule has 1 N–H and O–H groups in total. The first-order valence-corrected chi connectivity index (χ1v) is 8.07. The molecule has 0 unspecified atom stereocenters. The fraction of sp³-hybridized carbons (Fsp3) is 0.133. The summed E-state index contributed by atoms with van der Waals surface area (Å²) in [4.78, 5) is 22.5. The molecule has 4 rings (SSSR count). The number of hydrogen-bond acceptors (Lipinski definition) is 6. The van der Waals surface area contributed by atoms with Crippen LogP contribution in [-0.4, -0.2) is 29.5 Å². The molecule has 0 atom stereocenters. The number of nitrogens with zero attached hydrogens (tertiary/aromatic N) is 3. The van der Waals surface area contributed by atoms with E-state index in [0.717, 1.165) is 15.9 Å². The maximum Gasteiger partial charge on any atom is 0.244 e. The number of halogens is 1. The number of thiophene rings is 1. The molecular formula is C15H11ClN4O2S. The van der Waals surface area contributed by atoms with Gasteiger partial charge in [-0.1, -0.05) is 0 Å². The van der Waals surface area contributed by atoms with Crippen LogP contribution in [0.4, 0.5) is 17.2 Å². The van der Waals surface area contributed by atoms with E-state index < -0.39 is 0 Å². The van der Waals surface area contributed by atoms with E-state index in [0.29, 0.717) is 17.3 Å². The van der Waals surface area contributed by atoms with Crippen molar-refractivity contribution in [1.29, 1.82) is 0 Å². The third kappa shape index (κ3) is 2.38. The number of fused-ring (bicyclic) bond motifs is 2. The minimum atomic E-state index is -0.120. The molecule has 0 saturated heterocycles. The van der Waals surface area contributed by atoms with Crippen LogP contribution in [0.2, 0.25) is 5.28 Å². The number of rotatable bonds is 2. The van der Waals surface area contributed by atoms with Gasteiger partial charge in [-0.05, 0) is 35.2 Å². The molecule has 6 nitrogen and oxygen atoms in total. The number of nitrogens with one attached hydrogen (secondary N) is 1. The molecule has 0 radical (unpaired) electrons. The fourth-order valence-corrected chi connectivity index (χ4v) is 3.59. The Hall–Kier alpha value is -2.38. The molecule has 8 heteroatoms. The molecule has 1 aliphatic rings. The Balaban J connectivity index is 1.92. The van der Waals surface area contributed by atoms with Gasteiger partial charge in [-0.25, -0.2) is 4.98 Å².